The van der Waals surface area contributed by atoms with Crippen LogP contribution in [0.25, 0.3) is 0 Å². The topological polar surface area (TPSA) is 140 Å². The Morgan fingerprint density at radius 3 is 2.03 bits per heavy atom. The fourth-order valence-electron chi connectivity index (χ4n) is 4.50. The van der Waals surface area contributed by atoms with Crippen LogP contribution in [0.3, 0.4) is 0 Å². The normalized spacial score (nSPS) is 47.5. The maximum Gasteiger partial charge on any atom is 0.311 e. The van der Waals surface area contributed by atoms with Gasteiger partial charge in [-0.15, -0.1) is 0 Å². The van der Waals surface area contributed by atoms with E-state index in [9.17, 15) is 30.4 Å². The van der Waals surface area contributed by atoms with Crippen molar-refractivity contribution in [2.45, 2.75) is 91.3 Å². The van der Waals surface area contributed by atoms with Crippen LogP contribution in [-0.4, -0.2) is 67.3 Å². The Hall–Kier alpha value is -1.22. The Morgan fingerprint density at radius 1 is 1.03 bits per heavy atom. The van der Waals surface area contributed by atoms with Crippen molar-refractivity contribution in [2.75, 3.05) is 0 Å². The molecule has 0 aromatic carbocycles. The lowest BCUT2D eigenvalue weighted by atomic mass is 9.75. The predicted octanol–water partition coefficient (Wildman–Crippen LogP) is 1.56. The molecule has 10 atom stereocenters. The van der Waals surface area contributed by atoms with Gasteiger partial charge in [0.25, 0.3) is 0 Å². The van der Waals surface area contributed by atoms with Gasteiger partial charge in [0.2, 0.25) is 0 Å². The fraction of sp³-hybridized carbons (Fsp3) is 0.905. The lowest BCUT2D eigenvalue weighted by Gasteiger charge is -2.40. The van der Waals surface area contributed by atoms with Gasteiger partial charge in [-0.1, -0.05) is 39.8 Å². The van der Waals surface area contributed by atoms with Gasteiger partial charge in [-0.05, 0) is 26.7 Å². The molecule has 0 unspecified atom stereocenters. The molecule has 8 heteroatoms. The molecule has 0 amide bonds. The van der Waals surface area contributed by atoms with Gasteiger partial charge in [-0.25, -0.2) is 0 Å². The fourth-order valence-corrected chi connectivity index (χ4v) is 4.50. The van der Waals surface area contributed by atoms with Crippen LogP contribution in [0, 0.1) is 29.6 Å². The highest BCUT2D eigenvalue weighted by atomic mass is 16.5. The zero-order chi connectivity index (χ0) is 22.7. The van der Waals surface area contributed by atoms with Crippen molar-refractivity contribution < 1.29 is 35.2 Å². The average Bonchev–Trinajstić information content (AvgIpc) is 2.67. The van der Waals surface area contributed by atoms with Gasteiger partial charge in [0.05, 0.1) is 35.5 Å². The number of cyclic esters (lactones) is 1. The Labute approximate surface area is 173 Å². The van der Waals surface area contributed by atoms with Gasteiger partial charge in [-0.3, -0.25) is 4.79 Å². The quantitative estimate of drug-likeness (QED) is 0.248. The molecule has 0 spiro atoms. The zero-order valence-corrected chi connectivity index (χ0v) is 18.6. The molecular formula is C21H39NO7. The first-order chi connectivity index (χ1) is 13.3. The van der Waals surface area contributed by atoms with Crippen LogP contribution in [0.4, 0.5) is 0 Å². The minimum Gasteiger partial charge on any atom is -0.462 e. The molecule has 0 saturated carbocycles. The molecular weight excluding hydrogens is 378 g/mol. The van der Waals surface area contributed by atoms with E-state index in [0.717, 1.165) is 0 Å². The molecule has 0 bridgehead atoms. The van der Waals surface area contributed by atoms with E-state index in [1.807, 2.05) is 6.92 Å². The van der Waals surface area contributed by atoms with Crippen molar-refractivity contribution in [3.8, 4) is 0 Å². The summed E-state index contributed by atoms with van der Waals surface area (Å²) >= 11 is 0. The third-order valence-electron chi connectivity index (χ3n) is 6.67. The standard InChI is InChI=1S/C21H39NO7/c1-8-15-11(3)17(23)12(4)16(22-28)10(2)9-21(7,27)19(25)13(5)18(24)14(6)20(26)29-15/h10-15,17-19,23-25,27-28H,8-9H2,1-7H3/b22-16+/t10-,11+,12+,13+,14-,15-,17+,18+,19-,21-/m1/s1. The molecule has 29 heavy (non-hydrogen) atoms. The second kappa shape index (κ2) is 10.2. The zero-order valence-electron chi connectivity index (χ0n) is 18.6. The van der Waals surface area contributed by atoms with E-state index in [2.05, 4.69) is 5.16 Å². The van der Waals surface area contributed by atoms with Gasteiger partial charge in [-0.2, -0.15) is 0 Å². The van der Waals surface area contributed by atoms with Crippen LogP contribution in [0.2, 0.25) is 0 Å². The molecule has 1 rings (SSSR count). The van der Waals surface area contributed by atoms with Crippen molar-refractivity contribution in [2.24, 2.45) is 34.7 Å². The summed E-state index contributed by atoms with van der Waals surface area (Å²) in [6.07, 6.45) is -3.60. The Balaban J connectivity index is 3.40. The molecule has 8 nitrogen and oxygen atoms in total. The van der Waals surface area contributed by atoms with Crippen molar-refractivity contribution in [1.29, 1.82) is 0 Å². The summed E-state index contributed by atoms with van der Waals surface area (Å²) < 4.78 is 5.58. The minimum atomic E-state index is -1.62. The molecule has 1 saturated heterocycles. The lowest BCUT2D eigenvalue weighted by molar-refractivity contribution is -0.169. The maximum absolute atomic E-state index is 12.6. The number of hydrogen-bond donors (Lipinski definition) is 5. The Kier molecular flexibility index (Phi) is 9.08. The minimum absolute atomic E-state index is 0.0477. The third-order valence-corrected chi connectivity index (χ3v) is 6.67. The Morgan fingerprint density at radius 2 is 1.55 bits per heavy atom. The van der Waals surface area contributed by atoms with Crippen LogP contribution < -0.4 is 0 Å². The molecule has 1 heterocycles. The molecule has 1 aliphatic rings. The molecule has 1 aliphatic heterocycles. The van der Waals surface area contributed by atoms with Crippen LogP contribution >= 0.6 is 0 Å². The summed E-state index contributed by atoms with van der Waals surface area (Å²) in [4.78, 5) is 12.6. The summed E-state index contributed by atoms with van der Waals surface area (Å²) in [6, 6.07) is 0. The number of nitrogens with zero attached hydrogens (tertiary/aromatic N) is 1. The van der Waals surface area contributed by atoms with Crippen molar-refractivity contribution in [1.82, 2.24) is 0 Å². The van der Waals surface area contributed by atoms with E-state index >= 15 is 0 Å². The number of aliphatic hydroxyl groups excluding tert-OH is 3. The summed E-state index contributed by atoms with van der Waals surface area (Å²) in [5.74, 6) is -3.81. The number of carbonyl (C=O) groups is 1. The van der Waals surface area contributed by atoms with E-state index in [1.54, 1.807) is 27.7 Å². The molecule has 0 aliphatic carbocycles. The second-order valence-electron chi connectivity index (χ2n) is 9.09. The summed E-state index contributed by atoms with van der Waals surface area (Å²) in [5.41, 5.74) is -1.33. The second-order valence-corrected chi connectivity index (χ2v) is 9.09. The average molecular weight is 418 g/mol. The first-order valence-corrected chi connectivity index (χ1v) is 10.5. The summed E-state index contributed by atoms with van der Waals surface area (Å²) in [7, 11) is 0. The first kappa shape index (κ1) is 25.8. The summed E-state index contributed by atoms with van der Waals surface area (Å²) in [5, 5.41) is 56.0. The van der Waals surface area contributed by atoms with Gasteiger partial charge in [0, 0.05) is 23.7 Å². The predicted molar refractivity (Wildman–Crippen MR) is 108 cm³/mol. The third kappa shape index (κ3) is 5.69. The van der Waals surface area contributed by atoms with E-state index in [-0.39, 0.29) is 12.1 Å². The van der Waals surface area contributed by atoms with E-state index in [0.29, 0.717) is 6.42 Å². The van der Waals surface area contributed by atoms with E-state index < -0.39 is 65.6 Å². The SMILES string of the molecule is CC[C@H]1OC(=O)[C@H](C)[C@@H](O)[C@H](C)[C@@H](O)[C@](C)(O)C[C@@H](C)/C(=N\O)[C@H](C)[C@@H](O)[C@H]1C. The van der Waals surface area contributed by atoms with Crippen LogP contribution in [0.15, 0.2) is 5.16 Å². The largest absolute Gasteiger partial charge is 0.462 e. The van der Waals surface area contributed by atoms with Gasteiger partial charge >= 0.3 is 5.97 Å². The molecule has 0 aromatic heterocycles. The molecule has 0 aromatic rings. The van der Waals surface area contributed by atoms with Crippen molar-refractivity contribution >= 4 is 11.7 Å². The number of rotatable bonds is 1. The van der Waals surface area contributed by atoms with E-state index in [1.165, 1.54) is 13.8 Å². The van der Waals surface area contributed by atoms with Crippen LogP contribution in [-0.2, 0) is 9.53 Å². The van der Waals surface area contributed by atoms with Crippen molar-refractivity contribution in [3.05, 3.63) is 0 Å². The van der Waals surface area contributed by atoms with Gasteiger partial charge in [0.1, 0.15) is 6.10 Å². The number of ether oxygens (including phenoxy) is 1. The maximum atomic E-state index is 12.6. The molecule has 170 valence electrons. The highest BCUT2D eigenvalue weighted by Crippen LogP contribution is 2.33. The first-order valence-electron chi connectivity index (χ1n) is 10.5. The lowest BCUT2D eigenvalue weighted by Crippen LogP contribution is -2.51. The number of oxime groups is 1. The molecule has 0 radical (unpaired) electrons. The number of esters is 1. The Bertz CT molecular complexity index is 579. The molecule has 1 fully saturated rings. The number of hydrogen-bond acceptors (Lipinski definition) is 8. The van der Waals surface area contributed by atoms with E-state index in [4.69, 9.17) is 4.74 Å². The summed E-state index contributed by atoms with van der Waals surface area (Å²) in [6.45, 7) is 11.6. The number of aliphatic hydroxyl groups is 4. The molecule has 5 N–H and O–H groups in total. The highest BCUT2D eigenvalue weighted by molar-refractivity contribution is 5.88. The van der Waals surface area contributed by atoms with Crippen LogP contribution in [0.5, 0.6) is 0 Å². The van der Waals surface area contributed by atoms with Gasteiger partial charge in [0.15, 0.2) is 0 Å². The monoisotopic (exact) mass is 417 g/mol. The van der Waals surface area contributed by atoms with Crippen molar-refractivity contribution in [3.63, 3.8) is 0 Å². The number of carbonyl (C=O) groups excluding carboxylic acids is 1. The highest BCUT2D eigenvalue weighted by Gasteiger charge is 2.44. The van der Waals surface area contributed by atoms with Crippen LogP contribution in [0.1, 0.15) is 61.3 Å². The smallest absolute Gasteiger partial charge is 0.311 e. The van der Waals surface area contributed by atoms with Gasteiger partial charge < -0.3 is 30.4 Å².